The first-order valence-electron chi connectivity index (χ1n) is 9.51. The van der Waals surface area contributed by atoms with Crippen LogP contribution in [-0.2, 0) is 11.4 Å². The number of ether oxygens (including phenoxy) is 1. The number of carbonyl (C=O) groups excluding carboxylic acids is 1. The van der Waals surface area contributed by atoms with Crippen LogP contribution in [0.5, 0.6) is 5.75 Å². The minimum Gasteiger partial charge on any atom is -0.489 e. The third-order valence-electron chi connectivity index (χ3n) is 4.66. The summed E-state index contributed by atoms with van der Waals surface area (Å²) in [6.07, 6.45) is 1.75. The van der Waals surface area contributed by atoms with E-state index in [1.54, 1.807) is 48.5 Å². The number of amides is 1. The van der Waals surface area contributed by atoms with E-state index < -0.39 is 4.92 Å². The van der Waals surface area contributed by atoms with Crippen molar-refractivity contribution in [3.63, 3.8) is 0 Å². The monoisotopic (exact) mass is 516 g/mol. The first-order valence-corrected chi connectivity index (χ1v) is 11.5. The molecular formula is C23H14Cl2N2O4S2. The predicted molar refractivity (Wildman–Crippen MR) is 136 cm³/mol. The highest BCUT2D eigenvalue weighted by molar-refractivity contribution is 8.27. The average molecular weight is 517 g/mol. The van der Waals surface area contributed by atoms with E-state index in [4.69, 9.17) is 40.2 Å². The van der Waals surface area contributed by atoms with Crippen molar-refractivity contribution in [3.05, 3.63) is 103 Å². The van der Waals surface area contributed by atoms with Gasteiger partial charge in [-0.3, -0.25) is 19.8 Å². The summed E-state index contributed by atoms with van der Waals surface area (Å²) in [4.78, 5) is 25.2. The van der Waals surface area contributed by atoms with Crippen LogP contribution in [0.4, 0.5) is 11.4 Å². The number of nitro benzene ring substituents is 1. The van der Waals surface area contributed by atoms with Crippen LogP contribution < -0.4 is 9.64 Å². The number of nitro groups is 1. The van der Waals surface area contributed by atoms with Gasteiger partial charge in [0.2, 0.25) is 0 Å². The van der Waals surface area contributed by atoms with Gasteiger partial charge in [0.25, 0.3) is 11.6 Å². The highest BCUT2D eigenvalue weighted by Gasteiger charge is 2.33. The van der Waals surface area contributed by atoms with Gasteiger partial charge in [0.05, 0.1) is 25.6 Å². The number of carbonyl (C=O) groups is 1. The first kappa shape index (κ1) is 23.3. The van der Waals surface area contributed by atoms with Crippen molar-refractivity contribution >= 4 is 74.9 Å². The highest BCUT2D eigenvalue weighted by atomic mass is 35.5. The molecule has 166 valence electrons. The molecule has 0 spiro atoms. The van der Waals surface area contributed by atoms with Gasteiger partial charge in [-0.1, -0.05) is 59.3 Å². The van der Waals surface area contributed by atoms with Crippen molar-refractivity contribution < 1.29 is 14.5 Å². The van der Waals surface area contributed by atoms with Gasteiger partial charge in [0.15, 0.2) is 4.32 Å². The fraction of sp³-hybridized carbons (Fsp3) is 0.0435. The zero-order valence-corrected chi connectivity index (χ0v) is 19.9. The summed E-state index contributed by atoms with van der Waals surface area (Å²) in [6, 6.07) is 18.3. The molecule has 3 aromatic carbocycles. The Bertz CT molecular complexity index is 1300. The van der Waals surface area contributed by atoms with E-state index in [2.05, 4.69) is 0 Å². The van der Waals surface area contributed by atoms with E-state index in [9.17, 15) is 14.9 Å². The van der Waals surface area contributed by atoms with Gasteiger partial charge in [-0.25, -0.2) is 0 Å². The largest absolute Gasteiger partial charge is 0.489 e. The SMILES string of the molecule is O=C1/C(=C/c2cccc(OCc3ccc([N+](=O)[O-])cc3)c2)SC(=S)N1c1ccc(Cl)c(Cl)c1. The molecule has 1 amide bonds. The third-order valence-corrected chi connectivity index (χ3v) is 6.70. The van der Waals surface area contributed by atoms with Crippen LogP contribution in [0, 0.1) is 10.1 Å². The molecule has 1 fully saturated rings. The quantitative estimate of drug-likeness (QED) is 0.154. The van der Waals surface area contributed by atoms with E-state index in [1.165, 1.54) is 28.8 Å². The number of thiocarbonyl (C=S) groups is 1. The Hall–Kier alpha value is -2.91. The van der Waals surface area contributed by atoms with Gasteiger partial charge in [-0.15, -0.1) is 0 Å². The summed E-state index contributed by atoms with van der Waals surface area (Å²) in [5.41, 5.74) is 2.15. The van der Waals surface area contributed by atoms with Crippen molar-refractivity contribution in [2.24, 2.45) is 0 Å². The molecule has 0 bridgehead atoms. The van der Waals surface area contributed by atoms with Crippen molar-refractivity contribution in [2.75, 3.05) is 4.90 Å². The molecule has 1 heterocycles. The van der Waals surface area contributed by atoms with Crippen LogP contribution in [0.2, 0.25) is 10.0 Å². The summed E-state index contributed by atoms with van der Waals surface area (Å²) in [7, 11) is 0. The predicted octanol–water partition coefficient (Wildman–Crippen LogP) is 6.89. The lowest BCUT2D eigenvalue weighted by atomic mass is 10.2. The first-order chi connectivity index (χ1) is 15.8. The summed E-state index contributed by atoms with van der Waals surface area (Å²) in [5, 5.41) is 11.5. The lowest BCUT2D eigenvalue weighted by molar-refractivity contribution is -0.384. The molecule has 0 aromatic heterocycles. The summed E-state index contributed by atoms with van der Waals surface area (Å²) < 4.78 is 6.20. The van der Waals surface area contributed by atoms with Gasteiger partial charge >= 0.3 is 0 Å². The Morgan fingerprint density at radius 1 is 1.06 bits per heavy atom. The number of nitrogens with zero attached hydrogens (tertiary/aromatic N) is 2. The van der Waals surface area contributed by atoms with Crippen molar-refractivity contribution in [1.82, 2.24) is 0 Å². The van der Waals surface area contributed by atoms with Gasteiger partial charge in [0, 0.05) is 12.1 Å². The molecule has 0 atom stereocenters. The normalized spacial score (nSPS) is 14.7. The molecule has 0 unspecified atom stereocenters. The second-order valence-corrected chi connectivity index (χ2v) is 9.39. The number of benzene rings is 3. The molecular weight excluding hydrogens is 503 g/mol. The molecule has 3 aromatic rings. The van der Waals surface area contributed by atoms with Gasteiger partial charge in [0.1, 0.15) is 12.4 Å². The maximum atomic E-state index is 13.0. The lowest BCUT2D eigenvalue weighted by Gasteiger charge is -2.15. The Labute approximate surface area is 208 Å². The zero-order valence-electron chi connectivity index (χ0n) is 16.7. The van der Waals surface area contributed by atoms with Gasteiger partial charge < -0.3 is 4.74 Å². The van der Waals surface area contributed by atoms with Crippen molar-refractivity contribution in [3.8, 4) is 5.75 Å². The summed E-state index contributed by atoms with van der Waals surface area (Å²) in [6.45, 7) is 0.251. The molecule has 0 saturated carbocycles. The number of thioether (sulfide) groups is 1. The van der Waals surface area contributed by atoms with Crippen molar-refractivity contribution in [1.29, 1.82) is 0 Å². The molecule has 0 aliphatic carbocycles. The molecule has 4 rings (SSSR count). The van der Waals surface area contributed by atoms with Crippen LogP contribution in [0.3, 0.4) is 0 Å². The molecule has 10 heteroatoms. The Kier molecular flexibility index (Phi) is 6.99. The Morgan fingerprint density at radius 3 is 2.52 bits per heavy atom. The zero-order chi connectivity index (χ0) is 23.5. The summed E-state index contributed by atoms with van der Waals surface area (Å²) >= 11 is 18.7. The maximum absolute atomic E-state index is 13.0. The smallest absolute Gasteiger partial charge is 0.270 e. The van der Waals surface area contributed by atoms with Crippen LogP contribution in [0.25, 0.3) is 6.08 Å². The van der Waals surface area contributed by atoms with E-state index in [0.717, 1.165) is 11.1 Å². The second-order valence-electron chi connectivity index (χ2n) is 6.90. The number of hydrogen-bond donors (Lipinski definition) is 0. The minimum absolute atomic E-state index is 0.0268. The second kappa shape index (κ2) is 9.93. The van der Waals surface area contributed by atoms with Crippen LogP contribution in [0.1, 0.15) is 11.1 Å². The van der Waals surface area contributed by atoms with Crippen LogP contribution >= 0.6 is 47.2 Å². The van der Waals surface area contributed by atoms with E-state index in [0.29, 0.717) is 30.7 Å². The number of halogens is 2. The highest BCUT2D eigenvalue weighted by Crippen LogP contribution is 2.38. The number of non-ortho nitro benzene ring substituents is 1. The minimum atomic E-state index is -0.446. The average Bonchev–Trinajstić information content (AvgIpc) is 3.07. The lowest BCUT2D eigenvalue weighted by Crippen LogP contribution is -2.27. The van der Waals surface area contributed by atoms with Gasteiger partial charge in [-0.2, -0.15) is 0 Å². The van der Waals surface area contributed by atoms with Crippen molar-refractivity contribution in [2.45, 2.75) is 6.61 Å². The topological polar surface area (TPSA) is 72.7 Å². The third kappa shape index (κ3) is 5.36. The van der Waals surface area contributed by atoms with Crippen LogP contribution in [0.15, 0.2) is 71.6 Å². The number of anilines is 1. The summed E-state index contributed by atoms with van der Waals surface area (Å²) in [5.74, 6) is 0.350. The fourth-order valence-electron chi connectivity index (χ4n) is 3.04. The van der Waals surface area contributed by atoms with E-state index in [1.807, 2.05) is 12.1 Å². The molecule has 0 N–H and O–H groups in total. The molecule has 33 heavy (non-hydrogen) atoms. The fourth-order valence-corrected chi connectivity index (χ4v) is 4.63. The Morgan fingerprint density at radius 2 is 1.82 bits per heavy atom. The van der Waals surface area contributed by atoms with E-state index >= 15 is 0 Å². The molecule has 0 radical (unpaired) electrons. The van der Waals surface area contributed by atoms with Crippen LogP contribution in [-0.4, -0.2) is 15.2 Å². The molecule has 6 nitrogen and oxygen atoms in total. The molecule has 1 aliphatic heterocycles. The van der Waals surface area contributed by atoms with Gasteiger partial charge in [-0.05, 0) is 59.7 Å². The maximum Gasteiger partial charge on any atom is 0.270 e. The standard InChI is InChI=1S/C23H14Cl2N2O4S2/c24-19-9-8-17(12-20(19)25)26-22(28)21(33-23(26)32)11-15-2-1-3-18(10-15)31-13-14-4-6-16(7-5-14)27(29)30/h1-12H,13H2/b21-11-. The molecule has 1 aliphatic rings. The molecule has 1 saturated heterocycles. The van der Waals surface area contributed by atoms with E-state index in [-0.39, 0.29) is 18.2 Å². The Balaban J connectivity index is 1.48. The number of hydrogen-bond acceptors (Lipinski definition) is 6. The number of rotatable bonds is 6.